The summed E-state index contributed by atoms with van der Waals surface area (Å²) in [6, 6.07) is 6.25. The van der Waals surface area contributed by atoms with Crippen molar-refractivity contribution in [1.82, 2.24) is 4.90 Å². The minimum absolute atomic E-state index is 0.00867. The Bertz CT molecular complexity index is 612. The number of nitro benzene ring substituents is 1. The lowest BCUT2D eigenvalue weighted by Crippen LogP contribution is -2.35. The molecule has 0 saturated carbocycles. The van der Waals surface area contributed by atoms with Gasteiger partial charge in [-0.2, -0.15) is 0 Å². The van der Waals surface area contributed by atoms with Crippen LogP contribution in [0.1, 0.15) is 40.0 Å². The molecule has 7 heteroatoms. The van der Waals surface area contributed by atoms with Crippen LogP contribution >= 0.6 is 0 Å². The van der Waals surface area contributed by atoms with E-state index in [9.17, 15) is 14.9 Å². The van der Waals surface area contributed by atoms with Crippen molar-refractivity contribution in [3.8, 4) is 5.75 Å². The van der Waals surface area contributed by atoms with E-state index in [1.165, 1.54) is 12.1 Å². The van der Waals surface area contributed by atoms with Gasteiger partial charge in [0.15, 0.2) is 0 Å². The van der Waals surface area contributed by atoms with E-state index in [0.29, 0.717) is 5.75 Å². The summed E-state index contributed by atoms with van der Waals surface area (Å²) in [6.07, 6.45) is 2.52. The largest absolute Gasteiger partial charge is 0.490 e. The second kappa shape index (κ2) is 8.29. The molecule has 1 unspecified atom stereocenters. The summed E-state index contributed by atoms with van der Waals surface area (Å²) in [4.78, 5) is 24.4. The fourth-order valence-corrected chi connectivity index (χ4v) is 2.82. The van der Waals surface area contributed by atoms with E-state index < -0.39 is 10.5 Å². The van der Waals surface area contributed by atoms with Gasteiger partial charge < -0.3 is 9.47 Å². The molecule has 1 aliphatic rings. The van der Waals surface area contributed by atoms with Crippen LogP contribution in [0.25, 0.3) is 0 Å². The summed E-state index contributed by atoms with van der Waals surface area (Å²) in [5.41, 5.74) is -0.450. The Morgan fingerprint density at radius 3 is 2.76 bits per heavy atom. The number of likely N-dealkylation sites (tertiary alicyclic amines) is 1. The number of esters is 1. The van der Waals surface area contributed by atoms with E-state index in [1.54, 1.807) is 12.1 Å². The van der Waals surface area contributed by atoms with Gasteiger partial charge in [-0.25, -0.2) is 0 Å². The number of non-ortho nitro benzene ring substituents is 1. The van der Waals surface area contributed by atoms with Crippen LogP contribution in [-0.2, 0) is 9.53 Å². The van der Waals surface area contributed by atoms with E-state index >= 15 is 0 Å². The van der Waals surface area contributed by atoms with Crippen molar-refractivity contribution in [2.24, 2.45) is 0 Å². The summed E-state index contributed by atoms with van der Waals surface area (Å²) < 4.78 is 11.3. The molecule has 0 radical (unpaired) electrons. The number of rotatable bonds is 5. The Morgan fingerprint density at radius 2 is 2.08 bits per heavy atom. The van der Waals surface area contributed by atoms with Gasteiger partial charge in [0, 0.05) is 12.6 Å². The predicted molar refractivity (Wildman–Crippen MR) is 93.6 cm³/mol. The van der Waals surface area contributed by atoms with Crippen LogP contribution < -0.4 is 4.74 Å². The lowest BCUT2D eigenvalue weighted by molar-refractivity contribution is -0.384. The zero-order valence-corrected chi connectivity index (χ0v) is 15.1. The van der Waals surface area contributed by atoms with Crippen LogP contribution in [0.2, 0.25) is 0 Å². The average Bonchev–Trinajstić information content (AvgIpc) is 2.71. The molecule has 1 saturated heterocycles. The monoisotopic (exact) mass is 350 g/mol. The van der Waals surface area contributed by atoms with Crippen molar-refractivity contribution in [3.63, 3.8) is 0 Å². The highest BCUT2D eigenvalue weighted by Crippen LogP contribution is 2.23. The molecule has 2 rings (SSSR count). The summed E-state index contributed by atoms with van der Waals surface area (Å²) in [5, 5.41) is 10.8. The smallest absolute Gasteiger partial charge is 0.320 e. The first kappa shape index (κ1) is 19.2. The van der Waals surface area contributed by atoms with Gasteiger partial charge in [0.1, 0.15) is 11.4 Å². The highest BCUT2D eigenvalue weighted by atomic mass is 16.6. The fourth-order valence-electron chi connectivity index (χ4n) is 2.82. The molecule has 0 bridgehead atoms. The molecule has 1 atom stereocenters. The molecule has 1 aliphatic heterocycles. The molecule has 7 nitrogen and oxygen atoms in total. The van der Waals surface area contributed by atoms with E-state index in [-0.39, 0.29) is 24.3 Å². The van der Waals surface area contributed by atoms with E-state index in [0.717, 1.165) is 32.4 Å². The number of hydrogen-bond acceptors (Lipinski definition) is 6. The Balaban J connectivity index is 1.86. The molecule has 0 spiro atoms. The lowest BCUT2D eigenvalue weighted by atomic mass is 10.1. The first-order chi connectivity index (χ1) is 11.7. The number of hydrogen-bond donors (Lipinski definition) is 0. The van der Waals surface area contributed by atoms with Crippen LogP contribution in [0.4, 0.5) is 5.69 Å². The van der Waals surface area contributed by atoms with Gasteiger partial charge in [0.25, 0.3) is 5.69 Å². The Hall–Kier alpha value is -2.15. The maximum atomic E-state index is 12.0. The zero-order valence-electron chi connectivity index (χ0n) is 15.1. The van der Waals surface area contributed by atoms with Gasteiger partial charge in [-0.3, -0.25) is 19.8 Å². The number of benzene rings is 1. The van der Waals surface area contributed by atoms with Gasteiger partial charge in [-0.1, -0.05) is 6.07 Å². The Labute approximate surface area is 148 Å². The van der Waals surface area contributed by atoms with Gasteiger partial charge in [-0.15, -0.1) is 0 Å². The molecule has 1 aromatic carbocycles. The second-order valence-electron chi connectivity index (χ2n) is 7.29. The van der Waals surface area contributed by atoms with Crippen molar-refractivity contribution >= 4 is 11.7 Å². The van der Waals surface area contributed by atoms with Crippen molar-refractivity contribution in [2.75, 3.05) is 19.6 Å². The van der Waals surface area contributed by atoms with E-state index in [4.69, 9.17) is 9.47 Å². The third kappa shape index (κ3) is 6.70. The quantitative estimate of drug-likeness (QED) is 0.461. The molecular weight excluding hydrogens is 324 g/mol. The van der Waals surface area contributed by atoms with Crippen molar-refractivity contribution in [1.29, 1.82) is 0 Å². The molecule has 0 N–H and O–H groups in total. The van der Waals surface area contributed by atoms with E-state index in [1.807, 2.05) is 20.8 Å². The number of carbonyl (C=O) groups excluding carboxylic acids is 1. The molecule has 0 aromatic heterocycles. The number of nitro groups is 1. The maximum Gasteiger partial charge on any atom is 0.320 e. The number of nitrogens with zero attached hydrogens (tertiary/aromatic N) is 2. The number of ether oxygens (including phenoxy) is 2. The summed E-state index contributed by atoms with van der Waals surface area (Å²) in [5.74, 6) is 0.297. The fraction of sp³-hybridized carbons (Fsp3) is 0.611. The SMILES string of the molecule is CC(C)(C)OC(=O)CN1CCCC(Oc2cccc([N+](=O)[O-])c2)CC1. The van der Waals surface area contributed by atoms with E-state index in [2.05, 4.69) is 4.90 Å². The number of carbonyl (C=O) groups is 1. The lowest BCUT2D eigenvalue weighted by Gasteiger charge is -2.24. The van der Waals surface area contributed by atoms with Crippen LogP contribution in [0.5, 0.6) is 5.75 Å². The van der Waals surface area contributed by atoms with Crippen LogP contribution in [0, 0.1) is 10.1 Å². The molecule has 1 heterocycles. The highest BCUT2D eigenvalue weighted by molar-refractivity contribution is 5.72. The molecule has 0 aliphatic carbocycles. The first-order valence-corrected chi connectivity index (χ1v) is 8.58. The van der Waals surface area contributed by atoms with Gasteiger partial charge >= 0.3 is 5.97 Å². The van der Waals surface area contributed by atoms with Crippen LogP contribution in [0.15, 0.2) is 24.3 Å². The summed E-state index contributed by atoms with van der Waals surface area (Å²) in [6.45, 7) is 7.40. The summed E-state index contributed by atoms with van der Waals surface area (Å²) in [7, 11) is 0. The third-order valence-electron chi connectivity index (χ3n) is 3.87. The van der Waals surface area contributed by atoms with Gasteiger partial charge in [-0.05, 0) is 52.6 Å². The Morgan fingerprint density at radius 1 is 1.32 bits per heavy atom. The van der Waals surface area contributed by atoms with Crippen molar-refractivity contribution in [3.05, 3.63) is 34.4 Å². The predicted octanol–water partition coefficient (Wildman–Crippen LogP) is 3.17. The molecular formula is C18H26N2O5. The Kier molecular flexibility index (Phi) is 6.36. The minimum atomic E-state index is -0.476. The minimum Gasteiger partial charge on any atom is -0.490 e. The molecule has 1 aromatic rings. The molecule has 0 amide bonds. The van der Waals surface area contributed by atoms with Gasteiger partial charge in [0.2, 0.25) is 0 Å². The topological polar surface area (TPSA) is 81.9 Å². The normalized spacial score (nSPS) is 19.1. The van der Waals surface area contributed by atoms with Gasteiger partial charge in [0.05, 0.1) is 23.6 Å². The molecule has 25 heavy (non-hydrogen) atoms. The van der Waals surface area contributed by atoms with Crippen LogP contribution in [0.3, 0.4) is 0 Å². The second-order valence-corrected chi connectivity index (χ2v) is 7.29. The molecule has 1 fully saturated rings. The van der Waals surface area contributed by atoms with Crippen molar-refractivity contribution < 1.29 is 19.2 Å². The van der Waals surface area contributed by atoms with Crippen LogP contribution in [-0.4, -0.2) is 47.1 Å². The standard InChI is InChI=1S/C18H26N2O5/c1-18(2,3)25-17(21)13-19-10-5-8-15(9-11-19)24-16-7-4-6-14(12-16)20(22)23/h4,6-7,12,15H,5,8-11,13H2,1-3H3. The average molecular weight is 350 g/mol. The zero-order chi connectivity index (χ0) is 18.4. The highest BCUT2D eigenvalue weighted by Gasteiger charge is 2.23. The summed E-state index contributed by atoms with van der Waals surface area (Å²) >= 11 is 0. The molecule has 138 valence electrons. The third-order valence-corrected chi connectivity index (χ3v) is 3.87. The first-order valence-electron chi connectivity index (χ1n) is 8.58. The maximum absolute atomic E-state index is 12.0. The van der Waals surface area contributed by atoms with Crippen molar-refractivity contribution in [2.45, 2.75) is 51.7 Å².